The SMILES string of the molecule is CC1COCCN1c1nc(-c2ccc(NC(=O)Nc3ccc(CO)cc3)cc2)nc2c1CN(C(=O)O)C2. The van der Waals surface area contributed by atoms with Gasteiger partial charge in [0.05, 0.1) is 44.6 Å². The van der Waals surface area contributed by atoms with E-state index in [2.05, 4.69) is 22.5 Å². The third-order valence-electron chi connectivity index (χ3n) is 6.47. The van der Waals surface area contributed by atoms with Gasteiger partial charge in [0.25, 0.3) is 0 Å². The van der Waals surface area contributed by atoms with Crippen LogP contribution in [0.5, 0.6) is 0 Å². The van der Waals surface area contributed by atoms with Crippen LogP contribution in [0.1, 0.15) is 23.7 Å². The van der Waals surface area contributed by atoms with Crippen LogP contribution in [0.2, 0.25) is 0 Å². The highest BCUT2D eigenvalue weighted by Crippen LogP contribution is 2.33. The number of carbonyl (C=O) groups excluding carboxylic acids is 1. The van der Waals surface area contributed by atoms with Crippen LogP contribution in [0.15, 0.2) is 48.5 Å². The fourth-order valence-electron chi connectivity index (χ4n) is 4.47. The lowest BCUT2D eigenvalue weighted by Gasteiger charge is -2.35. The summed E-state index contributed by atoms with van der Waals surface area (Å²) >= 11 is 0. The summed E-state index contributed by atoms with van der Waals surface area (Å²) in [5.74, 6) is 1.24. The topological polar surface area (TPSA) is 140 Å². The molecule has 192 valence electrons. The standard InChI is InChI=1S/C26H28N6O5/c1-16-15-37-11-10-32(16)24-21-12-31(26(35)36)13-22(21)29-23(30-24)18-4-8-20(9-5-18)28-25(34)27-19-6-2-17(14-33)3-7-19/h2-9,16,33H,10-15H2,1H3,(H,35,36)(H2,27,28,34). The minimum atomic E-state index is -0.987. The summed E-state index contributed by atoms with van der Waals surface area (Å²) in [4.78, 5) is 37.1. The monoisotopic (exact) mass is 504 g/mol. The number of amides is 3. The molecule has 0 bridgehead atoms. The zero-order valence-electron chi connectivity index (χ0n) is 20.3. The minimum Gasteiger partial charge on any atom is -0.465 e. The van der Waals surface area contributed by atoms with Crippen LogP contribution in [-0.2, 0) is 24.4 Å². The summed E-state index contributed by atoms with van der Waals surface area (Å²) in [7, 11) is 0. The second-order valence-electron chi connectivity index (χ2n) is 9.06. The van der Waals surface area contributed by atoms with Gasteiger partial charge in [-0.2, -0.15) is 0 Å². The molecule has 11 nitrogen and oxygen atoms in total. The molecule has 1 saturated heterocycles. The van der Waals surface area contributed by atoms with Crippen molar-refractivity contribution in [2.24, 2.45) is 0 Å². The van der Waals surface area contributed by atoms with Crippen LogP contribution in [0.25, 0.3) is 11.4 Å². The van der Waals surface area contributed by atoms with Gasteiger partial charge in [-0.05, 0) is 48.9 Å². The lowest BCUT2D eigenvalue weighted by atomic mass is 10.1. The smallest absolute Gasteiger partial charge is 0.407 e. The Balaban J connectivity index is 1.35. The number of urea groups is 1. The minimum absolute atomic E-state index is 0.0580. The van der Waals surface area contributed by atoms with Crippen molar-refractivity contribution in [2.75, 3.05) is 35.3 Å². The van der Waals surface area contributed by atoms with Crippen LogP contribution < -0.4 is 15.5 Å². The number of carboxylic acid groups (broad SMARTS) is 1. The Morgan fingerprint density at radius 3 is 2.32 bits per heavy atom. The number of rotatable bonds is 5. The summed E-state index contributed by atoms with van der Waals surface area (Å²) in [5, 5.41) is 24.2. The van der Waals surface area contributed by atoms with E-state index in [1.807, 2.05) is 12.1 Å². The molecule has 1 aromatic heterocycles. The first-order valence-electron chi connectivity index (χ1n) is 12.0. The highest BCUT2D eigenvalue weighted by molar-refractivity contribution is 5.99. The Bertz CT molecular complexity index is 1300. The Hall–Kier alpha value is -4.22. The normalized spacial score (nSPS) is 16.9. The molecule has 3 amide bonds. The Labute approximate surface area is 213 Å². The first kappa shape index (κ1) is 24.5. The van der Waals surface area contributed by atoms with Gasteiger partial charge in [-0.3, -0.25) is 4.90 Å². The van der Waals surface area contributed by atoms with Gasteiger partial charge in [0.2, 0.25) is 0 Å². The average molecular weight is 505 g/mol. The van der Waals surface area contributed by atoms with E-state index in [1.54, 1.807) is 36.4 Å². The van der Waals surface area contributed by atoms with E-state index in [0.717, 1.165) is 22.5 Å². The molecule has 1 fully saturated rings. The van der Waals surface area contributed by atoms with Crippen molar-refractivity contribution in [3.05, 3.63) is 65.4 Å². The summed E-state index contributed by atoms with van der Waals surface area (Å²) in [5.41, 5.74) is 4.25. The number of aromatic nitrogens is 2. The fourth-order valence-corrected chi connectivity index (χ4v) is 4.47. The maximum absolute atomic E-state index is 12.4. The van der Waals surface area contributed by atoms with Crippen LogP contribution in [0, 0.1) is 0 Å². The molecule has 1 unspecified atom stereocenters. The highest BCUT2D eigenvalue weighted by Gasteiger charge is 2.32. The Kier molecular flexibility index (Phi) is 6.89. The van der Waals surface area contributed by atoms with Gasteiger partial charge >= 0.3 is 12.1 Å². The molecule has 5 rings (SSSR count). The van der Waals surface area contributed by atoms with Gasteiger partial charge in [-0.15, -0.1) is 0 Å². The number of morpholine rings is 1. The lowest BCUT2D eigenvalue weighted by Crippen LogP contribution is -2.44. The molecular formula is C26H28N6O5. The molecule has 0 spiro atoms. The molecule has 0 saturated carbocycles. The van der Waals surface area contributed by atoms with Crippen molar-refractivity contribution in [1.29, 1.82) is 0 Å². The van der Waals surface area contributed by atoms with Crippen molar-refractivity contribution in [3.63, 3.8) is 0 Å². The molecule has 3 heterocycles. The third kappa shape index (κ3) is 5.32. The molecule has 37 heavy (non-hydrogen) atoms. The second-order valence-corrected chi connectivity index (χ2v) is 9.06. The number of hydrogen-bond donors (Lipinski definition) is 4. The van der Waals surface area contributed by atoms with Crippen LogP contribution in [-0.4, -0.2) is 63.0 Å². The predicted octanol–water partition coefficient (Wildman–Crippen LogP) is 3.50. The maximum Gasteiger partial charge on any atom is 0.407 e. The predicted molar refractivity (Wildman–Crippen MR) is 137 cm³/mol. The third-order valence-corrected chi connectivity index (χ3v) is 6.47. The zero-order chi connectivity index (χ0) is 25.9. The molecule has 0 aliphatic carbocycles. The molecule has 2 aliphatic rings. The van der Waals surface area contributed by atoms with Gasteiger partial charge in [0.15, 0.2) is 5.82 Å². The van der Waals surface area contributed by atoms with E-state index in [1.165, 1.54) is 4.90 Å². The van der Waals surface area contributed by atoms with E-state index in [9.17, 15) is 14.7 Å². The number of fused-ring (bicyclic) bond motifs is 1. The number of aliphatic hydroxyl groups excluding tert-OH is 1. The fraction of sp³-hybridized carbons (Fsp3) is 0.308. The van der Waals surface area contributed by atoms with Crippen molar-refractivity contribution in [3.8, 4) is 11.4 Å². The molecule has 11 heteroatoms. The largest absolute Gasteiger partial charge is 0.465 e. The van der Waals surface area contributed by atoms with Crippen LogP contribution in [0.4, 0.5) is 26.8 Å². The number of carbonyl (C=O) groups is 2. The van der Waals surface area contributed by atoms with Crippen molar-refractivity contribution < 1.29 is 24.5 Å². The van der Waals surface area contributed by atoms with Crippen LogP contribution in [0.3, 0.4) is 0 Å². The summed E-state index contributed by atoms with van der Waals surface area (Å²) < 4.78 is 5.58. The van der Waals surface area contributed by atoms with E-state index in [4.69, 9.17) is 19.8 Å². The molecule has 2 aliphatic heterocycles. The molecule has 0 radical (unpaired) electrons. The zero-order valence-corrected chi connectivity index (χ0v) is 20.3. The van der Waals surface area contributed by atoms with E-state index >= 15 is 0 Å². The van der Waals surface area contributed by atoms with Gasteiger partial charge in [-0.1, -0.05) is 12.1 Å². The maximum atomic E-state index is 12.4. The molecule has 4 N–H and O–H groups in total. The summed E-state index contributed by atoms with van der Waals surface area (Å²) in [6.45, 7) is 4.29. The Morgan fingerprint density at radius 1 is 1.03 bits per heavy atom. The van der Waals surface area contributed by atoms with Gasteiger partial charge in [0.1, 0.15) is 5.82 Å². The lowest BCUT2D eigenvalue weighted by molar-refractivity contribution is 0.0983. The number of nitrogens with zero attached hydrogens (tertiary/aromatic N) is 4. The first-order valence-corrected chi connectivity index (χ1v) is 12.0. The van der Waals surface area contributed by atoms with Gasteiger partial charge in [-0.25, -0.2) is 19.6 Å². The second kappa shape index (κ2) is 10.4. The van der Waals surface area contributed by atoms with E-state index < -0.39 is 12.1 Å². The van der Waals surface area contributed by atoms with Crippen LogP contribution >= 0.6 is 0 Å². The van der Waals surface area contributed by atoms with Crippen molar-refractivity contribution in [2.45, 2.75) is 32.7 Å². The number of nitrogens with one attached hydrogen (secondary N) is 2. The number of ether oxygens (including phenoxy) is 1. The number of aliphatic hydroxyl groups is 1. The van der Waals surface area contributed by atoms with Gasteiger partial charge < -0.3 is 30.5 Å². The van der Waals surface area contributed by atoms with Crippen molar-refractivity contribution >= 4 is 29.3 Å². The van der Waals surface area contributed by atoms with Crippen molar-refractivity contribution in [1.82, 2.24) is 14.9 Å². The summed E-state index contributed by atoms with van der Waals surface area (Å²) in [6, 6.07) is 13.8. The number of benzene rings is 2. The quantitative estimate of drug-likeness (QED) is 0.414. The average Bonchev–Trinajstić information content (AvgIpc) is 3.34. The summed E-state index contributed by atoms with van der Waals surface area (Å²) in [6.07, 6.45) is -0.987. The molecular weight excluding hydrogens is 476 g/mol. The molecule has 1 atom stereocenters. The highest BCUT2D eigenvalue weighted by atomic mass is 16.5. The van der Waals surface area contributed by atoms with E-state index in [0.29, 0.717) is 42.7 Å². The number of anilines is 3. The number of hydrogen-bond acceptors (Lipinski definition) is 7. The molecule has 2 aromatic carbocycles. The van der Waals surface area contributed by atoms with Gasteiger partial charge in [0, 0.05) is 29.0 Å². The van der Waals surface area contributed by atoms with E-state index in [-0.39, 0.29) is 25.7 Å². The first-order chi connectivity index (χ1) is 17.9. The Morgan fingerprint density at radius 2 is 1.70 bits per heavy atom. The molecule has 3 aromatic rings.